The number of anilines is 1. The zero-order valence-electron chi connectivity index (χ0n) is 11.9. The molecule has 0 amide bonds. The molecule has 2 rings (SSSR count). The van der Waals surface area contributed by atoms with Gasteiger partial charge in [-0.15, -0.1) is 11.3 Å². The van der Waals surface area contributed by atoms with E-state index < -0.39 is 0 Å². The Balaban J connectivity index is 1.98. The summed E-state index contributed by atoms with van der Waals surface area (Å²) in [5.74, 6) is 0.942. The van der Waals surface area contributed by atoms with Crippen LogP contribution in [0.4, 0.5) is 5.69 Å². The fourth-order valence-corrected chi connectivity index (χ4v) is 2.71. The highest BCUT2D eigenvalue weighted by Crippen LogP contribution is 2.27. The lowest BCUT2D eigenvalue weighted by molar-refractivity contribution is 0.415. The van der Waals surface area contributed by atoms with Crippen LogP contribution in [0.2, 0.25) is 5.02 Å². The second-order valence-corrected chi connectivity index (χ2v) is 5.86. The number of aliphatic imine (C=N–C) groups is 1. The van der Waals surface area contributed by atoms with Gasteiger partial charge in [-0.2, -0.15) is 0 Å². The predicted octanol–water partition coefficient (Wildman–Crippen LogP) is 3.29. The summed E-state index contributed by atoms with van der Waals surface area (Å²) in [6.45, 7) is 2.57. The normalized spacial score (nSPS) is 11.5. The molecule has 2 aromatic rings. The van der Waals surface area contributed by atoms with Crippen molar-refractivity contribution < 1.29 is 4.74 Å². The summed E-state index contributed by atoms with van der Waals surface area (Å²) in [7, 11) is 1.57. The number of aryl methyl sites for hydroxylation is 1. The number of hydrogen-bond acceptors (Lipinski definition) is 4. The Morgan fingerprint density at radius 1 is 1.52 bits per heavy atom. The van der Waals surface area contributed by atoms with Gasteiger partial charge in [-0.05, 0) is 24.6 Å². The van der Waals surface area contributed by atoms with Crippen molar-refractivity contribution in [1.82, 2.24) is 4.98 Å². The molecule has 0 spiro atoms. The van der Waals surface area contributed by atoms with Crippen LogP contribution in [0.25, 0.3) is 0 Å². The van der Waals surface area contributed by atoms with Gasteiger partial charge in [0.25, 0.3) is 0 Å². The van der Waals surface area contributed by atoms with Crippen LogP contribution in [0, 0.1) is 0 Å². The van der Waals surface area contributed by atoms with Crippen LogP contribution in [-0.2, 0) is 13.0 Å². The average Bonchev–Trinajstić information content (AvgIpc) is 2.93. The number of benzene rings is 1. The number of methoxy groups -OCH3 is 1. The SMILES string of the molecule is CCc1cnc(CN=C(N)Nc2ccc(OC)c(Cl)c2)s1. The largest absolute Gasteiger partial charge is 0.495 e. The third kappa shape index (κ3) is 4.34. The van der Waals surface area contributed by atoms with E-state index in [1.807, 2.05) is 12.3 Å². The lowest BCUT2D eigenvalue weighted by atomic mass is 10.3. The van der Waals surface area contributed by atoms with Crippen LogP contribution < -0.4 is 15.8 Å². The number of halogens is 1. The molecule has 0 fully saturated rings. The molecule has 0 aliphatic carbocycles. The Bertz CT molecular complexity index is 642. The first kappa shape index (κ1) is 15.6. The van der Waals surface area contributed by atoms with E-state index >= 15 is 0 Å². The standard InChI is InChI=1S/C14H17ClN4OS/c1-3-10-7-17-13(21-10)8-18-14(16)19-9-4-5-12(20-2)11(15)6-9/h4-7H,3,8H2,1-2H3,(H3,16,18,19). The summed E-state index contributed by atoms with van der Waals surface area (Å²) in [5.41, 5.74) is 6.61. The highest BCUT2D eigenvalue weighted by Gasteiger charge is 2.03. The summed E-state index contributed by atoms with van der Waals surface area (Å²) in [6.07, 6.45) is 2.86. The van der Waals surface area contributed by atoms with Crippen LogP contribution >= 0.6 is 22.9 Å². The molecule has 0 unspecified atom stereocenters. The van der Waals surface area contributed by atoms with Crippen molar-refractivity contribution in [3.63, 3.8) is 0 Å². The molecule has 0 saturated carbocycles. The molecule has 1 aromatic heterocycles. The molecule has 1 aromatic carbocycles. The monoisotopic (exact) mass is 324 g/mol. The van der Waals surface area contributed by atoms with Gasteiger partial charge in [0.2, 0.25) is 0 Å². The van der Waals surface area contributed by atoms with Gasteiger partial charge in [0.15, 0.2) is 5.96 Å². The van der Waals surface area contributed by atoms with Crippen LogP contribution in [-0.4, -0.2) is 18.1 Å². The van der Waals surface area contributed by atoms with Crippen molar-refractivity contribution in [3.05, 3.63) is 39.3 Å². The molecule has 1 heterocycles. The van der Waals surface area contributed by atoms with Crippen molar-refractivity contribution in [3.8, 4) is 5.75 Å². The van der Waals surface area contributed by atoms with Crippen molar-refractivity contribution in [1.29, 1.82) is 0 Å². The fraction of sp³-hybridized carbons (Fsp3) is 0.286. The number of nitrogens with two attached hydrogens (primary N) is 1. The van der Waals surface area contributed by atoms with Gasteiger partial charge in [-0.3, -0.25) is 0 Å². The summed E-state index contributed by atoms with van der Waals surface area (Å²) in [4.78, 5) is 9.80. The van der Waals surface area contributed by atoms with E-state index in [4.69, 9.17) is 22.1 Å². The number of rotatable bonds is 5. The van der Waals surface area contributed by atoms with Crippen LogP contribution in [0.1, 0.15) is 16.8 Å². The van der Waals surface area contributed by atoms with E-state index in [0.717, 1.165) is 17.1 Å². The summed E-state index contributed by atoms with van der Waals surface area (Å²) in [6, 6.07) is 5.33. The summed E-state index contributed by atoms with van der Waals surface area (Å²) < 4.78 is 5.10. The molecule has 21 heavy (non-hydrogen) atoms. The highest BCUT2D eigenvalue weighted by molar-refractivity contribution is 7.11. The van der Waals surface area contributed by atoms with E-state index in [-0.39, 0.29) is 0 Å². The molecule has 3 N–H and O–H groups in total. The van der Waals surface area contributed by atoms with Crippen LogP contribution in [0.3, 0.4) is 0 Å². The minimum absolute atomic E-state index is 0.324. The first-order valence-corrected chi connectivity index (χ1v) is 7.66. The van der Waals surface area contributed by atoms with Crippen LogP contribution in [0.5, 0.6) is 5.75 Å². The van der Waals surface area contributed by atoms with Crippen LogP contribution in [0.15, 0.2) is 29.4 Å². The highest BCUT2D eigenvalue weighted by atomic mass is 35.5. The molecule has 0 aliphatic rings. The first-order chi connectivity index (χ1) is 10.1. The molecular weight excluding hydrogens is 308 g/mol. The van der Waals surface area contributed by atoms with Gasteiger partial charge in [0, 0.05) is 16.8 Å². The number of ether oxygens (including phenoxy) is 1. The van der Waals surface area contributed by atoms with E-state index in [1.165, 1.54) is 4.88 Å². The Morgan fingerprint density at radius 2 is 2.33 bits per heavy atom. The van der Waals surface area contributed by atoms with E-state index in [2.05, 4.69) is 22.2 Å². The molecule has 5 nitrogen and oxygen atoms in total. The zero-order valence-corrected chi connectivity index (χ0v) is 13.5. The Kier molecular flexibility index (Phi) is 5.41. The molecule has 0 saturated heterocycles. The fourth-order valence-electron chi connectivity index (χ4n) is 1.67. The number of nitrogens with zero attached hydrogens (tertiary/aromatic N) is 2. The summed E-state index contributed by atoms with van der Waals surface area (Å²) >= 11 is 7.70. The second kappa shape index (κ2) is 7.28. The van der Waals surface area contributed by atoms with Crippen molar-refractivity contribution in [2.24, 2.45) is 10.7 Å². The van der Waals surface area contributed by atoms with Gasteiger partial charge in [-0.25, -0.2) is 9.98 Å². The van der Waals surface area contributed by atoms with E-state index in [0.29, 0.717) is 23.3 Å². The molecule has 112 valence electrons. The lowest BCUT2D eigenvalue weighted by Crippen LogP contribution is -2.22. The lowest BCUT2D eigenvalue weighted by Gasteiger charge is -2.08. The first-order valence-electron chi connectivity index (χ1n) is 6.46. The second-order valence-electron chi connectivity index (χ2n) is 4.25. The number of aromatic nitrogens is 1. The maximum atomic E-state index is 6.05. The van der Waals surface area contributed by atoms with Crippen molar-refractivity contribution in [2.75, 3.05) is 12.4 Å². The predicted molar refractivity (Wildman–Crippen MR) is 88.4 cm³/mol. The van der Waals surface area contributed by atoms with Crippen molar-refractivity contribution in [2.45, 2.75) is 19.9 Å². The molecular formula is C14H17ClN4OS. The number of nitrogens with one attached hydrogen (secondary N) is 1. The Morgan fingerprint density at radius 3 is 2.95 bits per heavy atom. The number of hydrogen-bond donors (Lipinski definition) is 2. The zero-order chi connectivity index (χ0) is 15.2. The summed E-state index contributed by atoms with van der Waals surface area (Å²) in [5, 5.41) is 4.45. The van der Waals surface area contributed by atoms with E-state index in [1.54, 1.807) is 30.6 Å². The van der Waals surface area contributed by atoms with E-state index in [9.17, 15) is 0 Å². The molecule has 0 aliphatic heterocycles. The Hall–Kier alpha value is -1.79. The minimum atomic E-state index is 0.324. The maximum Gasteiger partial charge on any atom is 0.193 e. The van der Waals surface area contributed by atoms with Gasteiger partial charge in [0.05, 0.1) is 18.7 Å². The number of thiazole rings is 1. The smallest absolute Gasteiger partial charge is 0.193 e. The molecule has 0 atom stereocenters. The molecule has 0 bridgehead atoms. The number of guanidine groups is 1. The Labute approximate surface area is 132 Å². The average molecular weight is 325 g/mol. The third-order valence-corrected chi connectivity index (χ3v) is 4.18. The van der Waals surface area contributed by atoms with Gasteiger partial charge in [0.1, 0.15) is 10.8 Å². The maximum absolute atomic E-state index is 6.05. The van der Waals surface area contributed by atoms with Crippen molar-refractivity contribution >= 4 is 34.6 Å². The van der Waals surface area contributed by atoms with Gasteiger partial charge < -0.3 is 15.8 Å². The quantitative estimate of drug-likeness (QED) is 0.654. The minimum Gasteiger partial charge on any atom is -0.495 e. The third-order valence-electron chi connectivity index (χ3n) is 2.76. The molecule has 0 radical (unpaired) electrons. The van der Waals surface area contributed by atoms with Gasteiger partial charge >= 0.3 is 0 Å². The molecule has 7 heteroatoms. The topological polar surface area (TPSA) is 72.5 Å². The van der Waals surface area contributed by atoms with Gasteiger partial charge in [-0.1, -0.05) is 18.5 Å².